The van der Waals surface area contributed by atoms with Crippen molar-refractivity contribution in [2.45, 2.75) is 25.9 Å². The largest absolute Gasteiger partial charge is 0.335 e. The molecule has 2 aromatic rings. The highest BCUT2D eigenvalue weighted by molar-refractivity contribution is 7.07. The Kier molecular flexibility index (Phi) is 5.77. The molecule has 4 nitrogen and oxygen atoms in total. The first-order valence-electron chi connectivity index (χ1n) is 8.35. The van der Waals surface area contributed by atoms with Crippen LogP contribution in [0, 0.1) is 0 Å². The fourth-order valence-corrected chi connectivity index (χ4v) is 3.64. The summed E-state index contributed by atoms with van der Waals surface area (Å²) in [6.45, 7) is 5.83. The van der Waals surface area contributed by atoms with Crippen LogP contribution < -0.4 is 0 Å². The van der Waals surface area contributed by atoms with Crippen LogP contribution in [0.1, 0.15) is 24.6 Å². The maximum absolute atomic E-state index is 12.5. The maximum atomic E-state index is 12.5. The van der Waals surface area contributed by atoms with Gasteiger partial charge in [0.2, 0.25) is 5.91 Å². The van der Waals surface area contributed by atoms with Gasteiger partial charge < -0.3 is 4.90 Å². The Morgan fingerprint density at radius 3 is 2.92 bits per heavy atom. The van der Waals surface area contributed by atoms with Crippen molar-refractivity contribution < 1.29 is 4.79 Å². The lowest BCUT2D eigenvalue weighted by Gasteiger charge is -2.28. The quantitative estimate of drug-likeness (QED) is 0.801. The smallest absolute Gasteiger partial charge is 0.246 e. The average Bonchev–Trinajstić information content (AvgIpc) is 3.04. The molecule has 1 aliphatic heterocycles. The molecule has 0 spiro atoms. The summed E-state index contributed by atoms with van der Waals surface area (Å²) < 4.78 is 0. The number of carbonyl (C=O) groups excluding carboxylic acids is 1. The molecule has 1 fully saturated rings. The topological polar surface area (TPSA) is 36.4 Å². The molecule has 1 atom stereocenters. The lowest BCUT2D eigenvalue weighted by molar-refractivity contribution is -0.127. The third kappa shape index (κ3) is 4.52. The molecule has 1 aromatic heterocycles. The minimum Gasteiger partial charge on any atom is -0.335 e. The Morgan fingerprint density at radius 1 is 1.33 bits per heavy atom. The third-order valence-corrected chi connectivity index (χ3v) is 4.91. The zero-order valence-electron chi connectivity index (χ0n) is 14.0. The van der Waals surface area contributed by atoms with Crippen molar-refractivity contribution in [3.63, 3.8) is 0 Å². The number of benzene rings is 1. The first kappa shape index (κ1) is 16.9. The second kappa shape index (κ2) is 8.22. The molecular weight excluding hydrogens is 318 g/mol. The van der Waals surface area contributed by atoms with E-state index in [2.05, 4.69) is 41.1 Å². The summed E-state index contributed by atoms with van der Waals surface area (Å²) in [6, 6.07) is 10.7. The summed E-state index contributed by atoms with van der Waals surface area (Å²) >= 11 is 1.54. The monoisotopic (exact) mass is 341 g/mol. The zero-order chi connectivity index (χ0) is 16.8. The molecule has 1 amide bonds. The van der Waals surface area contributed by atoms with E-state index in [1.165, 1.54) is 16.9 Å². The Balaban J connectivity index is 1.59. The Bertz CT molecular complexity index is 669. The number of aromatic nitrogens is 1. The molecule has 1 aliphatic rings. The van der Waals surface area contributed by atoms with Crippen molar-refractivity contribution in [1.82, 2.24) is 14.8 Å². The molecule has 126 valence electrons. The van der Waals surface area contributed by atoms with Crippen molar-refractivity contribution in [2.24, 2.45) is 0 Å². The van der Waals surface area contributed by atoms with Gasteiger partial charge in [-0.3, -0.25) is 9.69 Å². The standard InChI is InChI=1S/C19H23N3OS/c1-16-12-21(13-17-6-3-2-4-7-17)10-5-11-22(16)19(23)9-8-18-14-24-15-20-18/h2-4,6-9,14-16H,5,10-13H2,1H3/b9-8+/t16-/m1/s1. The Hall–Kier alpha value is -1.98. The highest BCUT2D eigenvalue weighted by atomic mass is 32.1. The Morgan fingerprint density at radius 2 is 2.17 bits per heavy atom. The number of carbonyl (C=O) groups is 1. The van der Waals surface area contributed by atoms with E-state index in [1.807, 2.05) is 16.3 Å². The molecule has 24 heavy (non-hydrogen) atoms. The lowest BCUT2D eigenvalue weighted by atomic mass is 10.2. The van der Waals surface area contributed by atoms with Gasteiger partial charge >= 0.3 is 0 Å². The zero-order valence-corrected chi connectivity index (χ0v) is 14.8. The first-order valence-corrected chi connectivity index (χ1v) is 9.30. The molecule has 0 aliphatic carbocycles. The lowest BCUT2D eigenvalue weighted by Crippen LogP contribution is -2.41. The van der Waals surface area contributed by atoms with Crippen LogP contribution in [0.25, 0.3) is 6.08 Å². The van der Waals surface area contributed by atoms with Crippen LogP contribution >= 0.6 is 11.3 Å². The van der Waals surface area contributed by atoms with E-state index in [-0.39, 0.29) is 11.9 Å². The fraction of sp³-hybridized carbons (Fsp3) is 0.368. The van der Waals surface area contributed by atoms with Crippen LogP contribution in [-0.4, -0.2) is 46.4 Å². The number of hydrogen-bond donors (Lipinski definition) is 0. The van der Waals surface area contributed by atoms with E-state index in [0.717, 1.165) is 38.3 Å². The number of rotatable bonds is 4. The second-order valence-corrected chi connectivity index (χ2v) is 6.92. The summed E-state index contributed by atoms with van der Waals surface area (Å²) in [5.74, 6) is 0.0806. The molecule has 0 bridgehead atoms. The van der Waals surface area contributed by atoms with Gasteiger partial charge in [-0.05, 0) is 25.0 Å². The van der Waals surface area contributed by atoms with E-state index in [4.69, 9.17) is 0 Å². The van der Waals surface area contributed by atoms with Crippen LogP contribution in [0.4, 0.5) is 0 Å². The van der Waals surface area contributed by atoms with Gasteiger partial charge in [0.05, 0.1) is 11.2 Å². The molecule has 5 heteroatoms. The van der Waals surface area contributed by atoms with Crippen LogP contribution in [-0.2, 0) is 11.3 Å². The van der Waals surface area contributed by atoms with Gasteiger partial charge in [-0.2, -0.15) is 0 Å². The molecule has 1 aromatic carbocycles. The second-order valence-electron chi connectivity index (χ2n) is 6.20. The highest BCUT2D eigenvalue weighted by Gasteiger charge is 2.24. The predicted octanol–water partition coefficient (Wildman–Crippen LogP) is 3.28. The van der Waals surface area contributed by atoms with Gasteiger partial charge in [0.1, 0.15) is 0 Å². The number of thiazole rings is 1. The van der Waals surface area contributed by atoms with Crippen LogP contribution in [0.2, 0.25) is 0 Å². The van der Waals surface area contributed by atoms with Crippen LogP contribution in [0.5, 0.6) is 0 Å². The number of nitrogens with zero attached hydrogens (tertiary/aromatic N) is 3. The van der Waals surface area contributed by atoms with E-state index < -0.39 is 0 Å². The number of hydrogen-bond acceptors (Lipinski definition) is 4. The summed E-state index contributed by atoms with van der Waals surface area (Å²) in [6.07, 6.45) is 4.46. The van der Waals surface area contributed by atoms with Gasteiger partial charge in [0, 0.05) is 43.7 Å². The first-order chi connectivity index (χ1) is 11.7. The van der Waals surface area contributed by atoms with Gasteiger partial charge in [0.15, 0.2) is 0 Å². The average molecular weight is 341 g/mol. The molecule has 0 radical (unpaired) electrons. The van der Waals surface area contributed by atoms with E-state index in [0.29, 0.717) is 0 Å². The van der Waals surface area contributed by atoms with E-state index in [9.17, 15) is 4.79 Å². The third-order valence-electron chi connectivity index (χ3n) is 4.31. The predicted molar refractivity (Wildman–Crippen MR) is 98.7 cm³/mol. The molecule has 0 saturated carbocycles. The van der Waals surface area contributed by atoms with Crippen molar-refractivity contribution in [3.8, 4) is 0 Å². The fourth-order valence-electron chi connectivity index (χ4n) is 3.12. The van der Waals surface area contributed by atoms with Crippen LogP contribution in [0.3, 0.4) is 0 Å². The van der Waals surface area contributed by atoms with E-state index in [1.54, 1.807) is 17.7 Å². The molecule has 0 N–H and O–H groups in total. The maximum Gasteiger partial charge on any atom is 0.246 e. The molecule has 0 unspecified atom stereocenters. The van der Waals surface area contributed by atoms with Crippen molar-refractivity contribution in [3.05, 3.63) is 58.6 Å². The normalized spacial score (nSPS) is 19.5. The van der Waals surface area contributed by atoms with E-state index >= 15 is 0 Å². The highest BCUT2D eigenvalue weighted by Crippen LogP contribution is 2.14. The molecular formula is C19H23N3OS. The van der Waals surface area contributed by atoms with Gasteiger partial charge in [-0.25, -0.2) is 4.98 Å². The van der Waals surface area contributed by atoms with Gasteiger partial charge in [-0.15, -0.1) is 11.3 Å². The number of amides is 1. The van der Waals surface area contributed by atoms with Crippen LogP contribution in [0.15, 0.2) is 47.3 Å². The minimum absolute atomic E-state index is 0.0806. The van der Waals surface area contributed by atoms with Crippen molar-refractivity contribution in [1.29, 1.82) is 0 Å². The van der Waals surface area contributed by atoms with Crippen molar-refractivity contribution >= 4 is 23.3 Å². The van der Waals surface area contributed by atoms with Gasteiger partial charge in [-0.1, -0.05) is 30.3 Å². The molecule has 3 rings (SSSR count). The molecule has 1 saturated heterocycles. The van der Waals surface area contributed by atoms with Gasteiger partial charge in [0.25, 0.3) is 0 Å². The summed E-state index contributed by atoms with van der Waals surface area (Å²) in [5.41, 5.74) is 3.95. The summed E-state index contributed by atoms with van der Waals surface area (Å²) in [5, 5.41) is 1.94. The summed E-state index contributed by atoms with van der Waals surface area (Å²) in [4.78, 5) is 21.1. The SMILES string of the molecule is C[C@@H]1CN(Cc2ccccc2)CCCN1C(=O)/C=C/c1cscn1. The molecule has 2 heterocycles. The van der Waals surface area contributed by atoms with Crippen molar-refractivity contribution in [2.75, 3.05) is 19.6 Å². The minimum atomic E-state index is 0.0806. The Labute approximate surface area is 147 Å². The summed E-state index contributed by atoms with van der Waals surface area (Å²) in [7, 11) is 0.